The standard InChI is InChI=1S/C14H19N3O2/c15-13-7-10(14(18)19)12(8-16-13)17-6-5-9-3-1-2-4-11(9)17/h7-9,11H,1-6H2,(H2,15,16)(H,18,19). The van der Waals surface area contributed by atoms with Crippen molar-refractivity contribution in [2.45, 2.75) is 38.1 Å². The highest BCUT2D eigenvalue weighted by Gasteiger charge is 2.37. The number of nitrogens with two attached hydrogens (primary N) is 1. The number of carboxylic acid groups (broad SMARTS) is 1. The van der Waals surface area contributed by atoms with Crippen LogP contribution >= 0.6 is 0 Å². The first-order valence-electron chi connectivity index (χ1n) is 6.92. The summed E-state index contributed by atoms with van der Waals surface area (Å²) >= 11 is 0. The fourth-order valence-electron chi connectivity index (χ4n) is 3.57. The minimum absolute atomic E-state index is 0.264. The molecule has 5 nitrogen and oxygen atoms in total. The molecule has 0 radical (unpaired) electrons. The van der Waals surface area contributed by atoms with Crippen LogP contribution in [0.4, 0.5) is 11.5 Å². The lowest BCUT2D eigenvalue weighted by atomic mass is 9.85. The quantitative estimate of drug-likeness (QED) is 0.852. The number of hydrogen-bond donors (Lipinski definition) is 2. The molecule has 2 heterocycles. The van der Waals surface area contributed by atoms with Crippen LogP contribution in [0.25, 0.3) is 0 Å². The molecule has 1 saturated heterocycles. The number of hydrogen-bond acceptors (Lipinski definition) is 4. The lowest BCUT2D eigenvalue weighted by Crippen LogP contribution is -2.35. The molecule has 3 N–H and O–H groups in total. The summed E-state index contributed by atoms with van der Waals surface area (Å²) in [6.45, 7) is 0.932. The number of pyridine rings is 1. The summed E-state index contributed by atoms with van der Waals surface area (Å²) < 4.78 is 0. The van der Waals surface area contributed by atoms with Gasteiger partial charge in [-0.2, -0.15) is 0 Å². The SMILES string of the molecule is Nc1cc(C(=O)O)c(N2CCC3CCCCC32)cn1. The van der Waals surface area contributed by atoms with Gasteiger partial charge in [-0.1, -0.05) is 12.8 Å². The topological polar surface area (TPSA) is 79.5 Å². The van der Waals surface area contributed by atoms with Crippen LogP contribution in [0.1, 0.15) is 42.5 Å². The maximum Gasteiger partial charge on any atom is 0.338 e. The number of carbonyl (C=O) groups is 1. The summed E-state index contributed by atoms with van der Waals surface area (Å²) in [5.74, 6) is 0.0526. The normalized spacial score (nSPS) is 26.2. The molecule has 2 fully saturated rings. The molecule has 3 rings (SSSR count). The van der Waals surface area contributed by atoms with Crippen LogP contribution < -0.4 is 10.6 Å². The number of fused-ring (bicyclic) bond motifs is 1. The van der Waals surface area contributed by atoms with Gasteiger partial charge in [-0.3, -0.25) is 0 Å². The van der Waals surface area contributed by atoms with E-state index in [2.05, 4.69) is 9.88 Å². The highest BCUT2D eigenvalue weighted by molar-refractivity contribution is 5.95. The third-order valence-electron chi connectivity index (χ3n) is 4.45. The van der Waals surface area contributed by atoms with E-state index >= 15 is 0 Å². The molecule has 19 heavy (non-hydrogen) atoms. The van der Waals surface area contributed by atoms with Gasteiger partial charge in [-0.25, -0.2) is 9.78 Å². The third-order valence-corrected chi connectivity index (χ3v) is 4.45. The predicted molar refractivity (Wildman–Crippen MR) is 73.3 cm³/mol. The molecule has 1 aromatic heterocycles. The van der Waals surface area contributed by atoms with Crippen molar-refractivity contribution in [2.24, 2.45) is 5.92 Å². The van der Waals surface area contributed by atoms with E-state index in [1.807, 2.05) is 0 Å². The van der Waals surface area contributed by atoms with Crippen molar-refractivity contribution < 1.29 is 9.90 Å². The second kappa shape index (κ2) is 4.72. The number of anilines is 2. The lowest BCUT2D eigenvalue weighted by Gasteiger charge is -2.33. The minimum Gasteiger partial charge on any atom is -0.478 e. The molecule has 1 aromatic rings. The fourth-order valence-corrected chi connectivity index (χ4v) is 3.57. The molecule has 1 saturated carbocycles. The van der Waals surface area contributed by atoms with Crippen LogP contribution in [-0.2, 0) is 0 Å². The molecule has 2 atom stereocenters. The molecule has 0 amide bonds. The van der Waals surface area contributed by atoms with Gasteiger partial charge < -0.3 is 15.7 Å². The molecule has 5 heteroatoms. The molecule has 102 valence electrons. The summed E-state index contributed by atoms with van der Waals surface area (Å²) in [6, 6.07) is 1.95. The maximum atomic E-state index is 11.4. The van der Waals surface area contributed by atoms with Crippen molar-refractivity contribution in [2.75, 3.05) is 17.2 Å². The van der Waals surface area contributed by atoms with E-state index in [4.69, 9.17) is 5.73 Å². The number of rotatable bonds is 2. The van der Waals surface area contributed by atoms with Crippen molar-refractivity contribution in [3.63, 3.8) is 0 Å². The molecule has 1 aliphatic carbocycles. The third kappa shape index (κ3) is 2.13. The molecule has 1 aliphatic heterocycles. The van der Waals surface area contributed by atoms with Gasteiger partial charge in [0.05, 0.1) is 17.4 Å². The largest absolute Gasteiger partial charge is 0.478 e. The Labute approximate surface area is 112 Å². The average Bonchev–Trinajstić information content (AvgIpc) is 2.82. The maximum absolute atomic E-state index is 11.4. The number of aromatic nitrogens is 1. The van der Waals surface area contributed by atoms with Gasteiger partial charge in [-0.15, -0.1) is 0 Å². The highest BCUT2D eigenvalue weighted by atomic mass is 16.4. The first-order valence-corrected chi connectivity index (χ1v) is 6.92. The number of nitrogen functional groups attached to an aromatic ring is 1. The second-order valence-corrected chi connectivity index (χ2v) is 5.53. The Morgan fingerprint density at radius 3 is 2.95 bits per heavy atom. The smallest absolute Gasteiger partial charge is 0.338 e. The Balaban J connectivity index is 1.95. The number of carboxylic acids is 1. The van der Waals surface area contributed by atoms with E-state index in [-0.39, 0.29) is 11.4 Å². The Morgan fingerprint density at radius 2 is 2.16 bits per heavy atom. The molecular formula is C14H19N3O2. The minimum atomic E-state index is -0.927. The second-order valence-electron chi connectivity index (χ2n) is 5.53. The van der Waals surface area contributed by atoms with Crippen LogP contribution in [-0.4, -0.2) is 28.6 Å². The molecule has 0 bridgehead atoms. The Bertz CT molecular complexity index is 503. The van der Waals surface area contributed by atoms with Crippen LogP contribution in [0.15, 0.2) is 12.3 Å². The zero-order valence-electron chi connectivity index (χ0n) is 10.9. The van der Waals surface area contributed by atoms with Gasteiger partial charge in [0.1, 0.15) is 5.82 Å². The Hall–Kier alpha value is -1.78. The Kier molecular flexibility index (Phi) is 3.05. The lowest BCUT2D eigenvalue weighted by molar-refractivity contribution is 0.0697. The number of aromatic carboxylic acids is 1. The molecule has 0 aromatic carbocycles. The number of nitrogens with zero attached hydrogens (tertiary/aromatic N) is 2. The molecule has 2 aliphatic rings. The van der Waals surface area contributed by atoms with E-state index in [0.717, 1.165) is 25.1 Å². The van der Waals surface area contributed by atoms with Crippen molar-refractivity contribution in [3.8, 4) is 0 Å². The van der Waals surface area contributed by atoms with Crippen LogP contribution in [0.5, 0.6) is 0 Å². The summed E-state index contributed by atoms with van der Waals surface area (Å²) in [6.07, 6.45) is 7.76. The summed E-state index contributed by atoms with van der Waals surface area (Å²) in [7, 11) is 0. The first kappa shape index (κ1) is 12.3. The van der Waals surface area contributed by atoms with Crippen molar-refractivity contribution >= 4 is 17.5 Å². The van der Waals surface area contributed by atoms with Crippen LogP contribution in [0, 0.1) is 5.92 Å². The molecule has 0 spiro atoms. The van der Waals surface area contributed by atoms with E-state index in [0.29, 0.717) is 12.0 Å². The van der Waals surface area contributed by atoms with Gasteiger partial charge in [0.15, 0.2) is 0 Å². The first-order chi connectivity index (χ1) is 9.16. The molecule has 2 unspecified atom stereocenters. The summed E-state index contributed by atoms with van der Waals surface area (Å²) in [4.78, 5) is 17.7. The monoisotopic (exact) mass is 261 g/mol. The van der Waals surface area contributed by atoms with Crippen LogP contribution in [0.3, 0.4) is 0 Å². The Morgan fingerprint density at radius 1 is 1.37 bits per heavy atom. The molecular weight excluding hydrogens is 242 g/mol. The fraction of sp³-hybridized carbons (Fsp3) is 0.571. The van der Waals surface area contributed by atoms with E-state index in [1.54, 1.807) is 6.20 Å². The van der Waals surface area contributed by atoms with Gasteiger partial charge in [0, 0.05) is 12.6 Å². The average molecular weight is 261 g/mol. The van der Waals surface area contributed by atoms with Gasteiger partial charge in [0.25, 0.3) is 0 Å². The van der Waals surface area contributed by atoms with Crippen LogP contribution in [0.2, 0.25) is 0 Å². The van der Waals surface area contributed by atoms with Gasteiger partial charge in [0.2, 0.25) is 0 Å². The zero-order valence-corrected chi connectivity index (χ0v) is 10.9. The van der Waals surface area contributed by atoms with Gasteiger partial charge in [-0.05, 0) is 31.2 Å². The predicted octanol–water partition coefficient (Wildman–Crippen LogP) is 2.13. The highest BCUT2D eigenvalue weighted by Crippen LogP contribution is 2.39. The van der Waals surface area contributed by atoms with Gasteiger partial charge >= 0.3 is 5.97 Å². The zero-order chi connectivity index (χ0) is 13.4. The summed E-state index contributed by atoms with van der Waals surface area (Å²) in [5, 5.41) is 9.34. The van der Waals surface area contributed by atoms with Crippen molar-refractivity contribution in [1.82, 2.24) is 4.98 Å². The van der Waals surface area contributed by atoms with E-state index in [9.17, 15) is 9.90 Å². The van der Waals surface area contributed by atoms with Crippen molar-refractivity contribution in [3.05, 3.63) is 17.8 Å². The van der Waals surface area contributed by atoms with E-state index < -0.39 is 5.97 Å². The summed E-state index contributed by atoms with van der Waals surface area (Å²) in [5.41, 5.74) is 6.61. The van der Waals surface area contributed by atoms with E-state index in [1.165, 1.54) is 25.3 Å². The van der Waals surface area contributed by atoms with Crippen molar-refractivity contribution in [1.29, 1.82) is 0 Å².